The van der Waals surface area contributed by atoms with Crippen LogP contribution in [-0.4, -0.2) is 59.8 Å². The first kappa shape index (κ1) is 64.5. The van der Waals surface area contributed by atoms with Gasteiger partial charge in [-0.1, -0.05) is 0 Å². The fraction of sp³-hybridized carbons (Fsp3) is 0.286. The molecule has 480 valence electrons. The van der Waals surface area contributed by atoms with Gasteiger partial charge in [0.1, 0.15) is 0 Å². The van der Waals surface area contributed by atoms with Crippen LogP contribution >= 0.6 is 0 Å². The minimum Gasteiger partial charge on any atom is -0.260 e. The molecule has 12 aromatic rings. The van der Waals surface area contributed by atoms with Crippen molar-refractivity contribution in [3.8, 4) is 67.5 Å². The summed E-state index contributed by atoms with van der Waals surface area (Å²) in [5, 5.41) is 0. The molecule has 18 rings (SSSR count). The largest absolute Gasteiger partial charge is 0.260 e. The zero-order valence-electron chi connectivity index (χ0n) is 59.0. The smallest absolute Gasteiger partial charge is 0.0765 e. The standard InChI is InChI=1S/C15H16N2.4C14H14N2.C13H12N2/c1-8-5-6-16-13-7-12-10(3)9(2)11(4)17-15(12)14(8)13;1-8-4-12-13(15-6-8)5-11-10(3)9(2)7-16-14(11)12;1-8-7-15-14-11-5-4-9(2)16-13(11)6-12(14)10(8)3;1-8-4-5-15-12-6-11-10(3)9(2)7-16-14(11)13(8)12;1-8-9(2)12-7-13-11(5-4-6-15-13)14(12)16-10(8)3;1-8-7-15-13-10-4-3-5-14-12(10)6-11(13)9(8)2/h5-6H,7H2,1-4H3;4,6-7H,5H2,1-3H3;2*4-5,7H,6H2,1-3H3;4-6H,7H2,1-3H3;3-5,7H,6H2,1-2H3. The molecule has 0 saturated carbocycles. The highest BCUT2D eigenvalue weighted by Gasteiger charge is 2.30. The van der Waals surface area contributed by atoms with E-state index in [0.29, 0.717) is 0 Å². The normalized spacial score (nSPS) is 12.4. The van der Waals surface area contributed by atoms with Crippen LogP contribution in [0.4, 0.5) is 0 Å². The van der Waals surface area contributed by atoms with Gasteiger partial charge in [0.2, 0.25) is 0 Å². The van der Waals surface area contributed by atoms with E-state index in [1.807, 2.05) is 74.8 Å². The quantitative estimate of drug-likeness (QED) is 0.142. The monoisotopic (exact) mass is 1260 g/mol. The van der Waals surface area contributed by atoms with Crippen molar-refractivity contribution < 1.29 is 0 Å². The zero-order chi connectivity index (χ0) is 67.7. The third-order valence-electron chi connectivity index (χ3n) is 21.2. The van der Waals surface area contributed by atoms with Crippen LogP contribution in [0.2, 0.25) is 0 Å². The van der Waals surface area contributed by atoms with Crippen LogP contribution in [-0.2, 0) is 38.5 Å². The molecular formula is C84H84N12. The van der Waals surface area contributed by atoms with E-state index in [2.05, 4.69) is 210 Å². The molecule has 6 aliphatic rings. The van der Waals surface area contributed by atoms with Gasteiger partial charge in [-0.3, -0.25) is 59.8 Å². The number of fused-ring (bicyclic) bond motifs is 18. The third kappa shape index (κ3) is 11.7. The van der Waals surface area contributed by atoms with Gasteiger partial charge in [-0.2, -0.15) is 0 Å². The highest BCUT2D eigenvalue weighted by Crippen LogP contribution is 2.43. The number of pyridine rings is 12. The maximum Gasteiger partial charge on any atom is 0.0765 e. The number of aromatic nitrogens is 12. The molecule has 0 amide bonds. The average molecular weight is 1260 g/mol. The van der Waals surface area contributed by atoms with E-state index in [4.69, 9.17) is 9.97 Å². The summed E-state index contributed by atoms with van der Waals surface area (Å²) in [4.78, 5) is 54.6. The van der Waals surface area contributed by atoms with Crippen LogP contribution in [0.25, 0.3) is 67.5 Å². The van der Waals surface area contributed by atoms with Gasteiger partial charge >= 0.3 is 0 Å². The molecule has 0 aromatic carbocycles. The first-order valence-corrected chi connectivity index (χ1v) is 33.5. The second kappa shape index (κ2) is 25.8. The summed E-state index contributed by atoms with van der Waals surface area (Å²) < 4.78 is 0. The first-order valence-electron chi connectivity index (χ1n) is 33.5. The van der Waals surface area contributed by atoms with Crippen LogP contribution < -0.4 is 0 Å². The van der Waals surface area contributed by atoms with Crippen LogP contribution in [0.1, 0.15) is 168 Å². The lowest BCUT2D eigenvalue weighted by atomic mass is 10.0. The third-order valence-corrected chi connectivity index (χ3v) is 21.2. The minimum absolute atomic E-state index is 0.936. The summed E-state index contributed by atoms with van der Waals surface area (Å²) in [6, 6.07) is 18.7. The summed E-state index contributed by atoms with van der Waals surface area (Å²) in [5.74, 6) is 0. The van der Waals surface area contributed by atoms with Crippen molar-refractivity contribution in [2.45, 2.75) is 163 Å². The summed E-state index contributed by atoms with van der Waals surface area (Å²) in [6.07, 6.45) is 22.9. The maximum absolute atomic E-state index is 4.78. The molecule has 12 heterocycles. The Balaban J connectivity index is 0.000000104. The van der Waals surface area contributed by atoms with Crippen LogP contribution in [0.15, 0.2) is 110 Å². The van der Waals surface area contributed by atoms with Gasteiger partial charge in [0, 0.05) is 145 Å². The van der Waals surface area contributed by atoms with E-state index in [9.17, 15) is 0 Å². The first-order chi connectivity index (χ1) is 46.1. The topological polar surface area (TPSA) is 155 Å². The van der Waals surface area contributed by atoms with Gasteiger partial charge in [0.05, 0.1) is 68.3 Å². The van der Waals surface area contributed by atoms with Crippen molar-refractivity contribution in [3.63, 3.8) is 0 Å². The second-order valence-electron chi connectivity index (χ2n) is 27.0. The molecule has 0 atom stereocenters. The predicted octanol–water partition coefficient (Wildman–Crippen LogP) is 17.8. The van der Waals surface area contributed by atoms with Crippen molar-refractivity contribution in [1.82, 2.24) is 59.8 Å². The summed E-state index contributed by atoms with van der Waals surface area (Å²) in [6.45, 7) is 38.4. The molecule has 12 nitrogen and oxygen atoms in total. The molecule has 12 aromatic heterocycles. The number of nitrogens with zero attached hydrogens (tertiary/aromatic N) is 12. The van der Waals surface area contributed by atoms with Crippen molar-refractivity contribution >= 4 is 0 Å². The Bertz CT molecular complexity index is 5170. The Hall–Kier alpha value is -10.2. The maximum atomic E-state index is 4.78. The van der Waals surface area contributed by atoms with E-state index in [-0.39, 0.29) is 0 Å². The molecule has 0 unspecified atom stereocenters. The number of hydrogen-bond acceptors (Lipinski definition) is 12. The molecule has 0 aliphatic heterocycles. The second-order valence-corrected chi connectivity index (χ2v) is 27.0. The van der Waals surface area contributed by atoms with E-state index in [1.54, 1.807) is 0 Å². The van der Waals surface area contributed by atoms with Crippen molar-refractivity contribution in [2.75, 3.05) is 0 Å². The molecule has 0 spiro atoms. The van der Waals surface area contributed by atoms with Crippen LogP contribution in [0.3, 0.4) is 0 Å². The summed E-state index contributed by atoms with van der Waals surface area (Å²) >= 11 is 0. The molecule has 0 fully saturated rings. The number of hydrogen-bond donors (Lipinski definition) is 0. The highest BCUT2D eigenvalue weighted by atomic mass is 14.8. The SMILES string of the molecule is Cc1ccc2c(n1)Cc1c-2ncc(C)c1C.Cc1ccnc2c1-c1nc(C)c(C)c(C)c1C2.Cc1cnc2c(c1)-c1ncc(C)c(C)c1C2.Cc1cnc2c(c1C)Cc1nccc(C)c1-2.Cc1cnc2c(c1C)Cc1ncccc1-2.Cc1nc2c(c(C)c1C)Cc1ncccc1-2. The molecule has 0 N–H and O–H groups in total. The highest BCUT2D eigenvalue weighted by molar-refractivity contribution is 5.80. The Kier molecular flexibility index (Phi) is 17.4. The predicted molar refractivity (Wildman–Crippen MR) is 387 cm³/mol. The Labute approximate surface area is 565 Å². The molecule has 6 aliphatic carbocycles. The van der Waals surface area contributed by atoms with E-state index in [0.717, 1.165) is 101 Å². The molecule has 0 bridgehead atoms. The van der Waals surface area contributed by atoms with Gasteiger partial charge in [0.25, 0.3) is 0 Å². The van der Waals surface area contributed by atoms with Gasteiger partial charge < -0.3 is 0 Å². The fourth-order valence-electron chi connectivity index (χ4n) is 14.3. The van der Waals surface area contributed by atoms with E-state index in [1.165, 1.54) is 173 Å². The van der Waals surface area contributed by atoms with E-state index >= 15 is 0 Å². The Morgan fingerprint density at radius 3 is 1.11 bits per heavy atom. The van der Waals surface area contributed by atoms with Crippen LogP contribution in [0.5, 0.6) is 0 Å². The molecule has 96 heavy (non-hydrogen) atoms. The van der Waals surface area contributed by atoms with Gasteiger partial charge in [-0.15, -0.1) is 0 Å². The fourth-order valence-corrected chi connectivity index (χ4v) is 14.3. The molecule has 12 heteroatoms. The molecule has 0 saturated heterocycles. The van der Waals surface area contributed by atoms with Crippen LogP contribution in [0, 0.1) is 125 Å². The van der Waals surface area contributed by atoms with Crippen molar-refractivity contribution in [2.24, 2.45) is 0 Å². The van der Waals surface area contributed by atoms with Gasteiger partial charge in [0.15, 0.2) is 0 Å². The Morgan fingerprint density at radius 1 is 0.250 bits per heavy atom. The molecule has 0 radical (unpaired) electrons. The van der Waals surface area contributed by atoms with E-state index < -0.39 is 0 Å². The van der Waals surface area contributed by atoms with Gasteiger partial charge in [-0.05, 0) is 296 Å². The lowest BCUT2D eigenvalue weighted by molar-refractivity contribution is 1.06. The summed E-state index contributed by atoms with van der Waals surface area (Å²) in [5.41, 5.74) is 52.4. The number of rotatable bonds is 0. The minimum atomic E-state index is 0.936. The van der Waals surface area contributed by atoms with Crippen molar-refractivity contribution in [1.29, 1.82) is 0 Å². The van der Waals surface area contributed by atoms with Crippen molar-refractivity contribution in [3.05, 3.63) is 278 Å². The summed E-state index contributed by atoms with van der Waals surface area (Å²) in [7, 11) is 0. The average Bonchev–Trinajstić information content (AvgIpc) is 1.66. The number of aryl methyl sites for hydroxylation is 10. The van der Waals surface area contributed by atoms with Gasteiger partial charge in [-0.25, -0.2) is 0 Å². The zero-order valence-corrected chi connectivity index (χ0v) is 59.0. The lowest BCUT2D eigenvalue weighted by Crippen LogP contribution is -1.98. The lowest BCUT2D eigenvalue weighted by Gasteiger charge is -2.10. The molecular weight excluding hydrogens is 1180 g/mol. The Morgan fingerprint density at radius 2 is 0.615 bits per heavy atom.